The number of esters is 1. The maximum atomic E-state index is 11.9. The summed E-state index contributed by atoms with van der Waals surface area (Å²) in [5, 5.41) is 6.02. The van der Waals surface area contributed by atoms with Crippen molar-refractivity contribution >= 4 is 21.7 Å². The second-order valence-corrected chi connectivity index (χ2v) is 5.61. The number of aromatic amines is 1. The summed E-state index contributed by atoms with van der Waals surface area (Å²) in [5.41, 5.74) is 0.363. The van der Waals surface area contributed by atoms with Gasteiger partial charge in [0.15, 0.2) is 6.61 Å². The van der Waals surface area contributed by atoms with E-state index in [-0.39, 0.29) is 11.5 Å². The van der Waals surface area contributed by atoms with E-state index in [0.29, 0.717) is 11.4 Å². The highest BCUT2D eigenvalue weighted by Crippen LogP contribution is 2.18. The number of hydrogen-bond donors (Lipinski definition) is 2. The van der Waals surface area contributed by atoms with E-state index in [1.165, 1.54) is 43.8 Å². The van der Waals surface area contributed by atoms with Gasteiger partial charge in [0.2, 0.25) is 0 Å². The van der Waals surface area contributed by atoms with Gasteiger partial charge in [0.05, 0.1) is 13.3 Å². The molecule has 21 heavy (non-hydrogen) atoms. The van der Waals surface area contributed by atoms with Gasteiger partial charge in [0.25, 0.3) is 10.0 Å². The molecule has 1 aromatic heterocycles. The van der Waals surface area contributed by atoms with Crippen molar-refractivity contribution in [1.29, 1.82) is 0 Å². The normalized spacial score (nSPS) is 10.9. The molecule has 0 aliphatic carbocycles. The Morgan fingerprint density at radius 2 is 2.05 bits per heavy atom. The summed E-state index contributed by atoms with van der Waals surface area (Å²) in [4.78, 5) is 11.0. The number of nitrogens with zero attached hydrogens (tertiary/aromatic N) is 1. The average molecular weight is 311 g/mol. The van der Waals surface area contributed by atoms with Crippen molar-refractivity contribution in [2.45, 2.75) is 4.90 Å². The van der Waals surface area contributed by atoms with Gasteiger partial charge in [-0.2, -0.15) is 5.10 Å². The molecule has 0 saturated carbocycles. The Morgan fingerprint density at radius 1 is 1.33 bits per heavy atom. The van der Waals surface area contributed by atoms with Crippen molar-refractivity contribution in [3.05, 3.63) is 36.7 Å². The van der Waals surface area contributed by atoms with Crippen LogP contribution in [0.15, 0.2) is 41.6 Å². The molecular formula is C12H13N3O5S. The highest BCUT2D eigenvalue weighted by Gasteiger charge is 2.15. The van der Waals surface area contributed by atoms with Crippen LogP contribution in [0, 0.1) is 0 Å². The lowest BCUT2D eigenvalue weighted by Crippen LogP contribution is -2.13. The molecule has 0 saturated heterocycles. The zero-order valence-corrected chi connectivity index (χ0v) is 11.9. The van der Waals surface area contributed by atoms with Gasteiger partial charge in [0, 0.05) is 11.9 Å². The van der Waals surface area contributed by atoms with Crippen LogP contribution >= 0.6 is 0 Å². The number of methoxy groups -OCH3 is 1. The first kappa shape index (κ1) is 14.9. The number of anilines is 1. The molecule has 0 spiro atoms. The first-order valence-electron chi connectivity index (χ1n) is 5.82. The molecule has 8 nitrogen and oxygen atoms in total. The van der Waals surface area contributed by atoms with Gasteiger partial charge >= 0.3 is 5.97 Å². The molecule has 0 bridgehead atoms. The number of hydrogen-bond acceptors (Lipinski definition) is 6. The Kier molecular flexibility index (Phi) is 4.43. The van der Waals surface area contributed by atoms with Crippen molar-refractivity contribution in [3.8, 4) is 5.75 Å². The van der Waals surface area contributed by atoms with E-state index in [1.807, 2.05) is 0 Å². The second-order valence-electron chi connectivity index (χ2n) is 3.93. The van der Waals surface area contributed by atoms with Crippen molar-refractivity contribution in [2.75, 3.05) is 18.4 Å². The highest BCUT2D eigenvalue weighted by molar-refractivity contribution is 7.92. The monoisotopic (exact) mass is 311 g/mol. The standard InChI is InChI=1S/C12H13N3O5S/c1-19-12(16)8-20-10-4-2-9(3-5-10)15-21(17,18)11-6-13-14-7-11/h2-7,15H,8H2,1H3,(H,13,14). The smallest absolute Gasteiger partial charge is 0.343 e. The number of H-pyrrole nitrogens is 1. The highest BCUT2D eigenvalue weighted by atomic mass is 32.2. The van der Waals surface area contributed by atoms with Crippen LogP contribution < -0.4 is 9.46 Å². The second kappa shape index (κ2) is 6.27. The van der Waals surface area contributed by atoms with Gasteiger partial charge in [-0.25, -0.2) is 13.2 Å². The Bertz CT molecular complexity index is 695. The van der Waals surface area contributed by atoms with E-state index in [9.17, 15) is 13.2 Å². The third-order valence-electron chi connectivity index (χ3n) is 2.47. The van der Waals surface area contributed by atoms with Crippen LogP contribution in [0.4, 0.5) is 5.69 Å². The Hall–Kier alpha value is -2.55. The molecule has 2 N–H and O–H groups in total. The number of rotatable bonds is 6. The molecule has 0 unspecified atom stereocenters. The topological polar surface area (TPSA) is 110 Å². The Morgan fingerprint density at radius 3 is 2.62 bits per heavy atom. The molecule has 2 rings (SSSR count). The summed E-state index contributed by atoms with van der Waals surface area (Å²) in [6.07, 6.45) is 2.48. The zero-order valence-electron chi connectivity index (χ0n) is 11.1. The summed E-state index contributed by atoms with van der Waals surface area (Å²) < 4.78 is 35.9. The zero-order chi connectivity index (χ0) is 15.3. The molecule has 2 aromatic rings. The van der Waals surface area contributed by atoms with Gasteiger partial charge < -0.3 is 9.47 Å². The number of nitrogens with one attached hydrogen (secondary N) is 2. The minimum absolute atomic E-state index is 0.0357. The van der Waals surface area contributed by atoms with Crippen molar-refractivity contribution in [1.82, 2.24) is 10.2 Å². The molecule has 0 fully saturated rings. The number of benzene rings is 1. The lowest BCUT2D eigenvalue weighted by atomic mass is 10.3. The minimum atomic E-state index is -3.67. The molecule has 0 radical (unpaired) electrons. The third kappa shape index (κ3) is 3.96. The summed E-state index contributed by atoms with van der Waals surface area (Å²) in [7, 11) is -2.41. The maximum absolute atomic E-state index is 11.9. The van der Waals surface area contributed by atoms with E-state index < -0.39 is 16.0 Å². The molecule has 0 atom stereocenters. The van der Waals surface area contributed by atoms with Crippen molar-refractivity contribution < 1.29 is 22.7 Å². The van der Waals surface area contributed by atoms with Crippen molar-refractivity contribution in [2.24, 2.45) is 0 Å². The van der Waals surface area contributed by atoms with E-state index in [1.54, 1.807) is 0 Å². The number of sulfonamides is 1. The lowest BCUT2D eigenvalue weighted by molar-refractivity contribution is -0.142. The molecule has 1 heterocycles. The van der Waals surface area contributed by atoms with Gasteiger partial charge in [-0.1, -0.05) is 0 Å². The SMILES string of the molecule is COC(=O)COc1ccc(NS(=O)(=O)c2cn[nH]c2)cc1. The van der Waals surface area contributed by atoms with Crippen LogP contribution in [0.1, 0.15) is 0 Å². The van der Waals surface area contributed by atoms with Gasteiger partial charge in [-0.15, -0.1) is 0 Å². The van der Waals surface area contributed by atoms with Gasteiger partial charge in [-0.05, 0) is 24.3 Å². The van der Waals surface area contributed by atoms with Crippen LogP contribution in [-0.4, -0.2) is 38.3 Å². The number of carbonyl (C=O) groups excluding carboxylic acids is 1. The van der Waals surface area contributed by atoms with E-state index >= 15 is 0 Å². The third-order valence-corrected chi connectivity index (χ3v) is 3.82. The first-order chi connectivity index (χ1) is 10.0. The summed E-state index contributed by atoms with van der Waals surface area (Å²) in [5.74, 6) is -0.0774. The molecular weight excluding hydrogens is 298 g/mol. The number of aromatic nitrogens is 2. The molecule has 1 aromatic carbocycles. The van der Waals surface area contributed by atoms with Crippen LogP contribution in [0.3, 0.4) is 0 Å². The lowest BCUT2D eigenvalue weighted by Gasteiger charge is -2.08. The molecule has 0 aliphatic rings. The van der Waals surface area contributed by atoms with E-state index in [4.69, 9.17) is 4.74 Å². The molecule has 0 aliphatic heterocycles. The largest absolute Gasteiger partial charge is 0.482 e. The molecule has 9 heteroatoms. The molecule has 112 valence electrons. The first-order valence-corrected chi connectivity index (χ1v) is 7.31. The number of carbonyl (C=O) groups is 1. The number of ether oxygens (including phenoxy) is 2. The Labute approximate surface area is 121 Å². The van der Waals surface area contributed by atoms with Crippen LogP contribution in [0.5, 0.6) is 5.75 Å². The summed E-state index contributed by atoms with van der Waals surface area (Å²) in [6, 6.07) is 6.11. The van der Waals surface area contributed by atoms with E-state index in [2.05, 4.69) is 19.7 Å². The fourth-order valence-electron chi connectivity index (χ4n) is 1.42. The summed E-state index contributed by atoms with van der Waals surface area (Å²) in [6.45, 7) is -0.212. The summed E-state index contributed by atoms with van der Waals surface area (Å²) >= 11 is 0. The Balaban J connectivity index is 2.01. The van der Waals surface area contributed by atoms with Gasteiger partial charge in [0.1, 0.15) is 10.6 Å². The predicted octanol–water partition coefficient (Wildman–Crippen LogP) is 0.762. The fraction of sp³-hybridized carbons (Fsp3) is 0.167. The fourth-order valence-corrected chi connectivity index (χ4v) is 2.38. The predicted molar refractivity (Wildman–Crippen MR) is 73.3 cm³/mol. The van der Waals surface area contributed by atoms with E-state index in [0.717, 1.165) is 0 Å². The van der Waals surface area contributed by atoms with Gasteiger partial charge in [-0.3, -0.25) is 9.82 Å². The maximum Gasteiger partial charge on any atom is 0.343 e. The minimum Gasteiger partial charge on any atom is -0.482 e. The average Bonchev–Trinajstić information content (AvgIpc) is 3.01. The van der Waals surface area contributed by atoms with Crippen molar-refractivity contribution in [3.63, 3.8) is 0 Å². The molecule has 0 amide bonds. The quantitative estimate of drug-likeness (QED) is 0.762. The van der Waals surface area contributed by atoms with Crippen LogP contribution in [-0.2, 0) is 19.6 Å². The van der Waals surface area contributed by atoms with Crippen LogP contribution in [0.25, 0.3) is 0 Å². The van der Waals surface area contributed by atoms with Crippen LogP contribution in [0.2, 0.25) is 0 Å².